The highest BCUT2D eigenvalue weighted by molar-refractivity contribution is 9.10. The molecular weight excluding hydrogens is 457 g/mol. The van der Waals surface area contributed by atoms with Gasteiger partial charge in [-0.2, -0.15) is 13.2 Å². The maximum atomic E-state index is 12.7. The lowest BCUT2D eigenvalue weighted by Crippen LogP contribution is -2.23. The van der Waals surface area contributed by atoms with E-state index in [1.165, 1.54) is 11.8 Å². The highest BCUT2D eigenvalue weighted by atomic mass is 79.9. The normalized spacial score (nSPS) is 12.7. The standard InChI is InChI=1S/C15H10BrF3N2O3S2/c1-2-25-12-5-8(16)7-20-13(12)14-21-10-6-9(3-4-11(10)24-14)26(22,23)15(17,18)19/h3-7H,2H2,1H3. The molecule has 0 atom stereocenters. The van der Waals surface area contributed by atoms with Crippen molar-refractivity contribution in [1.82, 2.24) is 9.97 Å². The van der Waals surface area contributed by atoms with Gasteiger partial charge < -0.3 is 4.42 Å². The molecule has 1 aromatic carbocycles. The number of halogens is 4. The Morgan fingerprint density at radius 3 is 2.65 bits per heavy atom. The molecule has 2 heterocycles. The van der Waals surface area contributed by atoms with Crippen LogP contribution in [0.25, 0.3) is 22.7 Å². The molecule has 0 bridgehead atoms. The topological polar surface area (TPSA) is 73.1 Å². The van der Waals surface area contributed by atoms with Gasteiger partial charge in [-0.25, -0.2) is 18.4 Å². The maximum Gasteiger partial charge on any atom is 0.501 e. The van der Waals surface area contributed by atoms with Gasteiger partial charge in [0.1, 0.15) is 11.2 Å². The van der Waals surface area contributed by atoms with Gasteiger partial charge in [0.15, 0.2) is 5.58 Å². The molecule has 0 spiro atoms. The van der Waals surface area contributed by atoms with Crippen molar-refractivity contribution in [2.45, 2.75) is 22.2 Å². The number of sulfone groups is 1. The molecule has 0 radical (unpaired) electrons. The molecule has 138 valence electrons. The van der Waals surface area contributed by atoms with Gasteiger partial charge in [0.05, 0.1) is 4.90 Å². The minimum absolute atomic E-state index is 0.00231. The maximum absolute atomic E-state index is 12.7. The third kappa shape index (κ3) is 3.47. The number of rotatable bonds is 4. The number of oxazole rings is 1. The molecule has 26 heavy (non-hydrogen) atoms. The summed E-state index contributed by atoms with van der Waals surface area (Å²) in [5.41, 5.74) is -4.79. The molecule has 0 unspecified atom stereocenters. The van der Waals surface area contributed by atoms with Crippen LogP contribution in [0.5, 0.6) is 0 Å². The second-order valence-corrected chi connectivity index (χ2v) is 9.19. The van der Waals surface area contributed by atoms with Crippen LogP contribution in [0.2, 0.25) is 0 Å². The van der Waals surface area contributed by atoms with Crippen LogP contribution in [0.3, 0.4) is 0 Å². The molecule has 0 N–H and O–H groups in total. The first-order valence-electron chi connectivity index (χ1n) is 7.14. The van der Waals surface area contributed by atoms with Gasteiger partial charge in [-0.05, 0) is 45.9 Å². The average molecular weight is 467 g/mol. The Bertz CT molecular complexity index is 1080. The highest BCUT2D eigenvalue weighted by Gasteiger charge is 2.47. The zero-order chi connectivity index (χ0) is 19.1. The lowest BCUT2D eigenvalue weighted by Gasteiger charge is -2.07. The summed E-state index contributed by atoms with van der Waals surface area (Å²) in [4.78, 5) is 8.26. The zero-order valence-electron chi connectivity index (χ0n) is 13.0. The van der Waals surface area contributed by atoms with Crippen LogP contribution in [0, 0.1) is 0 Å². The van der Waals surface area contributed by atoms with E-state index in [1.54, 1.807) is 6.20 Å². The Labute approximate surface area is 159 Å². The van der Waals surface area contributed by atoms with Gasteiger partial charge in [-0.1, -0.05) is 6.92 Å². The summed E-state index contributed by atoms with van der Waals surface area (Å²) in [5.74, 6) is 0.865. The highest BCUT2D eigenvalue weighted by Crippen LogP contribution is 2.35. The molecule has 0 amide bonds. The van der Waals surface area contributed by atoms with E-state index in [1.807, 2.05) is 13.0 Å². The number of pyridine rings is 1. The second kappa shape index (κ2) is 6.86. The molecule has 3 aromatic rings. The van der Waals surface area contributed by atoms with Crippen LogP contribution >= 0.6 is 27.7 Å². The number of hydrogen-bond donors (Lipinski definition) is 0. The van der Waals surface area contributed by atoms with E-state index in [9.17, 15) is 21.6 Å². The minimum atomic E-state index is -5.45. The molecule has 0 saturated heterocycles. The van der Waals surface area contributed by atoms with Gasteiger partial charge in [-0.3, -0.25) is 0 Å². The van der Waals surface area contributed by atoms with Crippen LogP contribution in [0.1, 0.15) is 6.92 Å². The largest absolute Gasteiger partial charge is 0.501 e. The lowest BCUT2D eigenvalue weighted by molar-refractivity contribution is -0.0435. The van der Waals surface area contributed by atoms with Crippen LogP contribution in [0.4, 0.5) is 13.2 Å². The number of aromatic nitrogens is 2. The summed E-state index contributed by atoms with van der Waals surface area (Å²) >= 11 is 4.82. The second-order valence-electron chi connectivity index (χ2n) is 5.03. The van der Waals surface area contributed by atoms with E-state index in [2.05, 4.69) is 25.9 Å². The molecule has 0 aliphatic carbocycles. The van der Waals surface area contributed by atoms with Gasteiger partial charge in [0.2, 0.25) is 5.89 Å². The summed E-state index contributed by atoms with van der Waals surface area (Å²) in [6.07, 6.45) is 1.55. The average Bonchev–Trinajstić information content (AvgIpc) is 2.97. The van der Waals surface area contributed by atoms with Crippen LogP contribution in [-0.4, -0.2) is 29.6 Å². The fourth-order valence-corrected chi connectivity index (χ4v) is 4.22. The first-order chi connectivity index (χ1) is 12.1. The fourth-order valence-electron chi connectivity index (χ4n) is 2.16. The molecule has 0 aliphatic heterocycles. The van der Waals surface area contributed by atoms with Crippen molar-refractivity contribution in [2.24, 2.45) is 0 Å². The van der Waals surface area contributed by atoms with E-state index in [0.29, 0.717) is 5.69 Å². The minimum Gasteiger partial charge on any atom is -0.435 e. The first kappa shape index (κ1) is 19.2. The van der Waals surface area contributed by atoms with E-state index < -0.39 is 20.2 Å². The van der Waals surface area contributed by atoms with Crippen LogP contribution in [-0.2, 0) is 9.84 Å². The van der Waals surface area contributed by atoms with Gasteiger partial charge in [-0.15, -0.1) is 11.8 Å². The summed E-state index contributed by atoms with van der Waals surface area (Å²) in [6.45, 7) is 1.95. The number of fused-ring (bicyclic) bond motifs is 1. The summed E-state index contributed by atoms with van der Waals surface area (Å²) in [7, 11) is -5.45. The van der Waals surface area contributed by atoms with Gasteiger partial charge in [0.25, 0.3) is 9.84 Å². The molecule has 0 aliphatic rings. The van der Waals surface area contributed by atoms with Crippen molar-refractivity contribution in [3.63, 3.8) is 0 Å². The molecular formula is C15H10BrF3N2O3S2. The van der Waals surface area contributed by atoms with Crippen molar-refractivity contribution in [3.05, 3.63) is 34.9 Å². The lowest BCUT2D eigenvalue weighted by atomic mass is 10.3. The van der Waals surface area contributed by atoms with E-state index in [-0.39, 0.29) is 17.0 Å². The molecule has 5 nitrogen and oxygen atoms in total. The third-order valence-corrected chi connectivity index (χ3v) is 6.12. The van der Waals surface area contributed by atoms with Gasteiger partial charge >= 0.3 is 5.51 Å². The molecule has 2 aromatic heterocycles. The van der Waals surface area contributed by atoms with Crippen molar-refractivity contribution in [2.75, 3.05) is 5.75 Å². The van der Waals surface area contributed by atoms with Gasteiger partial charge in [0, 0.05) is 15.6 Å². The number of hydrogen-bond acceptors (Lipinski definition) is 6. The predicted octanol–water partition coefficient (Wildman–Crippen LogP) is 5.06. The SMILES string of the molecule is CCSc1cc(Br)cnc1-c1nc2cc(S(=O)(=O)C(F)(F)F)ccc2o1. The van der Waals surface area contributed by atoms with Crippen molar-refractivity contribution >= 4 is 48.6 Å². The molecule has 3 rings (SSSR count). The number of nitrogens with zero attached hydrogens (tertiary/aromatic N) is 2. The van der Waals surface area contributed by atoms with Crippen LogP contribution < -0.4 is 0 Å². The predicted molar refractivity (Wildman–Crippen MR) is 94.6 cm³/mol. The summed E-state index contributed by atoms with van der Waals surface area (Å²) in [5, 5.41) is 0. The van der Waals surface area contributed by atoms with E-state index in [0.717, 1.165) is 33.3 Å². The third-order valence-electron chi connectivity index (χ3n) is 3.30. The Hall–Kier alpha value is -1.59. The summed E-state index contributed by atoms with van der Waals surface area (Å²) < 4.78 is 67.6. The Balaban J connectivity index is 2.12. The Morgan fingerprint density at radius 1 is 1.27 bits per heavy atom. The number of thioether (sulfide) groups is 1. The molecule has 0 fully saturated rings. The zero-order valence-corrected chi connectivity index (χ0v) is 16.3. The monoisotopic (exact) mass is 466 g/mol. The van der Waals surface area contributed by atoms with Crippen LogP contribution in [0.15, 0.2) is 49.1 Å². The van der Waals surface area contributed by atoms with E-state index in [4.69, 9.17) is 4.42 Å². The van der Waals surface area contributed by atoms with Crippen molar-refractivity contribution < 1.29 is 26.0 Å². The number of alkyl halides is 3. The first-order valence-corrected chi connectivity index (χ1v) is 10.4. The summed E-state index contributed by atoms with van der Waals surface area (Å²) in [6, 6.07) is 4.66. The van der Waals surface area contributed by atoms with Crippen molar-refractivity contribution in [3.8, 4) is 11.6 Å². The van der Waals surface area contributed by atoms with E-state index >= 15 is 0 Å². The smallest absolute Gasteiger partial charge is 0.435 e. The van der Waals surface area contributed by atoms with Crippen molar-refractivity contribution in [1.29, 1.82) is 0 Å². The molecule has 0 saturated carbocycles. The fraction of sp³-hybridized carbons (Fsp3) is 0.200. The molecule has 11 heteroatoms. The Morgan fingerprint density at radius 2 is 2.00 bits per heavy atom. The Kier molecular flexibility index (Phi) is 5.06. The number of benzene rings is 1. The quantitative estimate of drug-likeness (QED) is 0.500.